The summed E-state index contributed by atoms with van der Waals surface area (Å²) in [5, 5.41) is 0. The third-order valence-electron chi connectivity index (χ3n) is 2.49. The maximum absolute atomic E-state index is 5.91. The molecular formula is C12H19N. The number of aryl methyl sites for hydroxylation is 2. The van der Waals surface area contributed by atoms with Crippen LogP contribution in [-0.2, 0) is 12.8 Å². The van der Waals surface area contributed by atoms with Crippen LogP contribution in [0.25, 0.3) is 0 Å². The van der Waals surface area contributed by atoms with Gasteiger partial charge < -0.3 is 5.73 Å². The van der Waals surface area contributed by atoms with Gasteiger partial charge in [0.25, 0.3) is 0 Å². The summed E-state index contributed by atoms with van der Waals surface area (Å²) in [6, 6.07) is 6.80. The van der Waals surface area contributed by atoms with Gasteiger partial charge in [0.2, 0.25) is 0 Å². The van der Waals surface area contributed by atoms with Gasteiger partial charge in [0, 0.05) is 6.04 Å². The molecule has 72 valence electrons. The van der Waals surface area contributed by atoms with Crippen LogP contribution < -0.4 is 5.73 Å². The van der Waals surface area contributed by atoms with E-state index in [0.717, 1.165) is 12.8 Å². The topological polar surface area (TPSA) is 26.0 Å². The first-order valence-corrected chi connectivity index (χ1v) is 5.06. The van der Waals surface area contributed by atoms with Crippen molar-refractivity contribution in [2.24, 2.45) is 5.73 Å². The van der Waals surface area contributed by atoms with Gasteiger partial charge in [-0.2, -0.15) is 0 Å². The predicted molar refractivity (Wildman–Crippen MR) is 57.8 cm³/mol. The van der Waals surface area contributed by atoms with E-state index < -0.39 is 0 Å². The van der Waals surface area contributed by atoms with Crippen molar-refractivity contribution >= 4 is 0 Å². The first-order chi connectivity index (χ1) is 6.19. The van der Waals surface area contributed by atoms with Gasteiger partial charge in [-0.05, 0) is 36.5 Å². The average molecular weight is 177 g/mol. The Morgan fingerprint density at radius 2 is 1.92 bits per heavy atom. The summed E-state index contributed by atoms with van der Waals surface area (Å²) in [5.74, 6) is 0. The van der Waals surface area contributed by atoms with E-state index in [1.807, 2.05) is 6.92 Å². The molecule has 1 atom stereocenters. The van der Waals surface area contributed by atoms with Gasteiger partial charge in [0.05, 0.1) is 0 Å². The molecular weight excluding hydrogens is 158 g/mol. The van der Waals surface area contributed by atoms with E-state index in [1.54, 1.807) is 0 Å². The molecule has 1 aromatic carbocycles. The number of hydrogen-bond acceptors (Lipinski definition) is 1. The summed E-state index contributed by atoms with van der Waals surface area (Å²) in [6.45, 7) is 6.40. The van der Waals surface area contributed by atoms with E-state index in [0.29, 0.717) is 0 Å². The van der Waals surface area contributed by atoms with Gasteiger partial charge >= 0.3 is 0 Å². The molecule has 0 aliphatic carbocycles. The minimum atomic E-state index is 0.154. The molecule has 0 aliphatic rings. The zero-order valence-corrected chi connectivity index (χ0v) is 8.80. The molecule has 0 spiro atoms. The largest absolute Gasteiger partial charge is 0.324 e. The molecule has 0 heterocycles. The fourth-order valence-corrected chi connectivity index (χ4v) is 1.61. The number of nitrogens with two attached hydrogens (primary N) is 1. The van der Waals surface area contributed by atoms with Gasteiger partial charge in [0.1, 0.15) is 0 Å². The smallest absolute Gasteiger partial charge is 0.0268 e. The normalized spacial score (nSPS) is 12.9. The molecule has 2 N–H and O–H groups in total. The van der Waals surface area contributed by atoms with Crippen LogP contribution in [0.2, 0.25) is 0 Å². The summed E-state index contributed by atoms with van der Waals surface area (Å²) >= 11 is 0. The third kappa shape index (κ3) is 2.31. The van der Waals surface area contributed by atoms with Crippen LogP contribution in [0.3, 0.4) is 0 Å². The molecule has 1 nitrogen and oxygen atoms in total. The van der Waals surface area contributed by atoms with Crippen LogP contribution in [0.15, 0.2) is 18.2 Å². The molecule has 1 rings (SSSR count). The lowest BCUT2D eigenvalue weighted by Gasteiger charge is -2.12. The highest BCUT2D eigenvalue weighted by Gasteiger charge is 2.05. The van der Waals surface area contributed by atoms with Gasteiger partial charge in [-0.25, -0.2) is 0 Å². The molecule has 13 heavy (non-hydrogen) atoms. The molecule has 0 aromatic heterocycles. The summed E-state index contributed by atoms with van der Waals surface area (Å²) in [4.78, 5) is 0. The summed E-state index contributed by atoms with van der Waals surface area (Å²) in [7, 11) is 0. The second kappa shape index (κ2) is 4.43. The van der Waals surface area contributed by atoms with Crippen molar-refractivity contribution in [1.82, 2.24) is 0 Å². The average Bonchev–Trinajstić information content (AvgIpc) is 2.16. The van der Waals surface area contributed by atoms with Crippen molar-refractivity contribution in [1.29, 1.82) is 0 Å². The molecule has 0 amide bonds. The zero-order chi connectivity index (χ0) is 9.84. The van der Waals surface area contributed by atoms with E-state index in [-0.39, 0.29) is 6.04 Å². The highest BCUT2D eigenvalue weighted by Crippen LogP contribution is 2.18. The number of rotatable bonds is 3. The fourth-order valence-electron chi connectivity index (χ4n) is 1.61. The van der Waals surface area contributed by atoms with Crippen molar-refractivity contribution in [2.45, 2.75) is 39.7 Å². The Kier molecular flexibility index (Phi) is 3.49. The van der Waals surface area contributed by atoms with Crippen LogP contribution in [0.1, 0.15) is 43.5 Å². The SMILES string of the molecule is CCc1ccc(CC)c(C(C)N)c1. The number of hydrogen-bond donors (Lipinski definition) is 1. The van der Waals surface area contributed by atoms with Crippen molar-refractivity contribution in [2.75, 3.05) is 0 Å². The molecule has 0 bridgehead atoms. The monoisotopic (exact) mass is 177 g/mol. The predicted octanol–water partition coefficient (Wildman–Crippen LogP) is 2.83. The highest BCUT2D eigenvalue weighted by molar-refractivity contribution is 5.34. The van der Waals surface area contributed by atoms with Crippen molar-refractivity contribution < 1.29 is 0 Å². The summed E-state index contributed by atoms with van der Waals surface area (Å²) in [5.41, 5.74) is 9.98. The lowest BCUT2D eigenvalue weighted by Crippen LogP contribution is -2.08. The van der Waals surface area contributed by atoms with Gasteiger partial charge in [0.15, 0.2) is 0 Å². The Labute approximate surface area is 81.0 Å². The van der Waals surface area contributed by atoms with Crippen molar-refractivity contribution in [3.63, 3.8) is 0 Å². The van der Waals surface area contributed by atoms with Gasteiger partial charge in [-0.15, -0.1) is 0 Å². The van der Waals surface area contributed by atoms with Crippen LogP contribution in [0.4, 0.5) is 0 Å². The van der Waals surface area contributed by atoms with Crippen LogP contribution in [-0.4, -0.2) is 0 Å². The van der Waals surface area contributed by atoms with E-state index in [4.69, 9.17) is 5.73 Å². The summed E-state index contributed by atoms with van der Waals surface area (Å²) in [6.07, 6.45) is 2.16. The second-order valence-corrected chi connectivity index (χ2v) is 3.53. The molecule has 1 unspecified atom stereocenters. The molecule has 0 fully saturated rings. The fraction of sp³-hybridized carbons (Fsp3) is 0.500. The minimum absolute atomic E-state index is 0.154. The van der Waals surface area contributed by atoms with Crippen molar-refractivity contribution in [3.05, 3.63) is 34.9 Å². The molecule has 0 radical (unpaired) electrons. The maximum atomic E-state index is 5.91. The lowest BCUT2D eigenvalue weighted by molar-refractivity contribution is 0.798. The second-order valence-electron chi connectivity index (χ2n) is 3.53. The van der Waals surface area contributed by atoms with E-state index in [2.05, 4.69) is 32.0 Å². The number of benzene rings is 1. The maximum Gasteiger partial charge on any atom is 0.0268 e. The quantitative estimate of drug-likeness (QED) is 0.755. The Morgan fingerprint density at radius 3 is 2.38 bits per heavy atom. The van der Waals surface area contributed by atoms with Gasteiger partial charge in [-0.1, -0.05) is 32.0 Å². The molecule has 1 aromatic rings. The Balaban J connectivity index is 3.10. The summed E-state index contributed by atoms with van der Waals surface area (Å²) < 4.78 is 0. The molecule has 0 saturated carbocycles. The molecule has 0 aliphatic heterocycles. The van der Waals surface area contributed by atoms with E-state index >= 15 is 0 Å². The van der Waals surface area contributed by atoms with E-state index in [9.17, 15) is 0 Å². The van der Waals surface area contributed by atoms with Crippen LogP contribution >= 0.6 is 0 Å². The lowest BCUT2D eigenvalue weighted by atomic mass is 9.97. The standard InChI is InChI=1S/C12H19N/c1-4-10-6-7-11(5-2)12(8-10)9(3)13/h6-9H,4-5,13H2,1-3H3. The zero-order valence-electron chi connectivity index (χ0n) is 8.80. The molecule has 0 saturated heterocycles. The van der Waals surface area contributed by atoms with E-state index in [1.165, 1.54) is 16.7 Å². The Bertz CT molecular complexity index is 276. The van der Waals surface area contributed by atoms with Crippen molar-refractivity contribution in [3.8, 4) is 0 Å². The third-order valence-corrected chi connectivity index (χ3v) is 2.49. The Morgan fingerprint density at radius 1 is 1.23 bits per heavy atom. The van der Waals surface area contributed by atoms with Gasteiger partial charge in [-0.3, -0.25) is 0 Å². The first kappa shape index (κ1) is 10.3. The Hall–Kier alpha value is -0.820. The van der Waals surface area contributed by atoms with Crippen LogP contribution in [0, 0.1) is 0 Å². The van der Waals surface area contributed by atoms with Crippen LogP contribution in [0.5, 0.6) is 0 Å². The molecule has 1 heteroatoms. The highest BCUT2D eigenvalue weighted by atomic mass is 14.6. The minimum Gasteiger partial charge on any atom is -0.324 e. The first-order valence-electron chi connectivity index (χ1n) is 5.06.